The van der Waals surface area contributed by atoms with Crippen LogP contribution in [0.3, 0.4) is 0 Å². The Morgan fingerprint density at radius 2 is 2.22 bits per heavy atom. The minimum Gasteiger partial charge on any atom is -0.392 e. The second-order valence-electron chi connectivity index (χ2n) is 4.78. The lowest BCUT2D eigenvalue weighted by molar-refractivity contribution is 0.168. The van der Waals surface area contributed by atoms with E-state index in [1.165, 1.54) is 5.75 Å². The molecule has 1 N–H and O–H groups in total. The van der Waals surface area contributed by atoms with Gasteiger partial charge in [-0.1, -0.05) is 6.92 Å². The largest absolute Gasteiger partial charge is 0.392 e. The smallest absolute Gasteiger partial charge is 0.0724 e. The molecule has 5 heteroatoms. The Hall–Kier alpha value is -0.130. The SMILES string of the molecule is CCn1nc(C)cc1CC(O)C1SCCSC1C. The van der Waals surface area contributed by atoms with Crippen molar-refractivity contribution in [3.05, 3.63) is 17.5 Å². The summed E-state index contributed by atoms with van der Waals surface area (Å²) in [6, 6.07) is 2.10. The lowest BCUT2D eigenvalue weighted by atomic mass is 10.1. The first-order chi connectivity index (χ1) is 8.61. The number of thioether (sulfide) groups is 2. The molecule has 102 valence electrons. The van der Waals surface area contributed by atoms with Crippen molar-refractivity contribution in [1.29, 1.82) is 0 Å². The van der Waals surface area contributed by atoms with Gasteiger partial charge in [0.1, 0.15) is 0 Å². The lowest BCUT2D eigenvalue weighted by Gasteiger charge is -2.31. The Kier molecular flexibility index (Phi) is 5.04. The zero-order valence-electron chi connectivity index (χ0n) is 11.3. The Balaban J connectivity index is 2.03. The number of aliphatic hydroxyl groups is 1. The number of aromatic nitrogens is 2. The summed E-state index contributed by atoms with van der Waals surface area (Å²) in [4.78, 5) is 0. The average molecular weight is 286 g/mol. The van der Waals surface area contributed by atoms with E-state index >= 15 is 0 Å². The van der Waals surface area contributed by atoms with Crippen LogP contribution in [0.5, 0.6) is 0 Å². The molecule has 2 heterocycles. The van der Waals surface area contributed by atoms with E-state index in [9.17, 15) is 5.11 Å². The predicted octanol–water partition coefficient (Wildman–Crippen LogP) is 2.35. The second kappa shape index (κ2) is 6.35. The van der Waals surface area contributed by atoms with Gasteiger partial charge in [-0.2, -0.15) is 28.6 Å². The predicted molar refractivity (Wildman–Crippen MR) is 80.5 cm³/mol. The van der Waals surface area contributed by atoms with Gasteiger partial charge >= 0.3 is 0 Å². The third kappa shape index (κ3) is 3.25. The van der Waals surface area contributed by atoms with Crippen LogP contribution in [0.2, 0.25) is 0 Å². The van der Waals surface area contributed by atoms with Crippen LogP contribution in [-0.4, -0.2) is 43.0 Å². The fourth-order valence-electron chi connectivity index (χ4n) is 2.44. The van der Waals surface area contributed by atoms with Gasteiger partial charge in [0.15, 0.2) is 0 Å². The van der Waals surface area contributed by atoms with E-state index in [2.05, 4.69) is 25.0 Å². The van der Waals surface area contributed by atoms with Crippen molar-refractivity contribution in [3.8, 4) is 0 Å². The maximum absolute atomic E-state index is 10.5. The summed E-state index contributed by atoms with van der Waals surface area (Å²) in [6.45, 7) is 7.21. The van der Waals surface area contributed by atoms with E-state index in [1.54, 1.807) is 0 Å². The fourth-order valence-corrected chi connectivity index (χ4v) is 5.29. The molecule has 0 bridgehead atoms. The van der Waals surface area contributed by atoms with Gasteiger partial charge in [-0.3, -0.25) is 4.68 Å². The summed E-state index contributed by atoms with van der Waals surface area (Å²) in [5, 5.41) is 15.8. The van der Waals surface area contributed by atoms with Crippen LogP contribution in [-0.2, 0) is 13.0 Å². The number of rotatable bonds is 4. The van der Waals surface area contributed by atoms with Crippen molar-refractivity contribution >= 4 is 23.5 Å². The highest BCUT2D eigenvalue weighted by Crippen LogP contribution is 2.33. The molecule has 0 aromatic carbocycles. The molecule has 0 aliphatic carbocycles. The molecule has 18 heavy (non-hydrogen) atoms. The van der Waals surface area contributed by atoms with E-state index < -0.39 is 0 Å². The maximum Gasteiger partial charge on any atom is 0.0724 e. The minimum atomic E-state index is -0.265. The van der Waals surface area contributed by atoms with Gasteiger partial charge in [0.25, 0.3) is 0 Å². The maximum atomic E-state index is 10.5. The lowest BCUT2D eigenvalue weighted by Crippen LogP contribution is -2.36. The number of nitrogens with zero attached hydrogens (tertiary/aromatic N) is 2. The highest BCUT2D eigenvalue weighted by molar-refractivity contribution is 8.07. The third-order valence-corrected chi connectivity index (χ3v) is 6.56. The molecular formula is C13H22N2OS2. The first-order valence-corrected chi connectivity index (χ1v) is 8.66. The Morgan fingerprint density at radius 3 is 2.89 bits per heavy atom. The average Bonchev–Trinajstić information content (AvgIpc) is 2.70. The first-order valence-electron chi connectivity index (χ1n) is 6.56. The van der Waals surface area contributed by atoms with Crippen LogP contribution in [0.25, 0.3) is 0 Å². The second-order valence-corrected chi connectivity index (χ2v) is 7.55. The molecule has 0 radical (unpaired) electrons. The Labute approximate surface area is 118 Å². The standard InChI is InChI=1S/C13H22N2OS2/c1-4-15-11(7-9(2)14-15)8-12(16)13-10(3)17-5-6-18-13/h7,10,12-13,16H,4-6,8H2,1-3H3. The molecule has 0 amide bonds. The van der Waals surface area contributed by atoms with Crippen molar-refractivity contribution in [3.63, 3.8) is 0 Å². The topological polar surface area (TPSA) is 38.0 Å². The summed E-state index contributed by atoms with van der Waals surface area (Å²) in [6.07, 6.45) is 0.455. The van der Waals surface area contributed by atoms with Crippen LogP contribution in [0, 0.1) is 6.92 Å². The Bertz CT molecular complexity index is 394. The molecule has 3 atom stereocenters. The van der Waals surface area contributed by atoms with Crippen LogP contribution in [0.15, 0.2) is 6.07 Å². The summed E-state index contributed by atoms with van der Waals surface area (Å²) in [5.41, 5.74) is 2.20. The van der Waals surface area contributed by atoms with Crippen molar-refractivity contribution in [2.24, 2.45) is 0 Å². The fraction of sp³-hybridized carbons (Fsp3) is 0.769. The van der Waals surface area contributed by atoms with Gasteiger partial charge in [-0.15, -0.1) is 0 Å². The van der Waals surface area contributed by atoms with Crippen molar-refractivity contribution < 1.29 is 5.11 Å². The molecule has 0 spiro atoms. The van der Waals surface area contributed by atoms with Crippen LogP contribution in [0.1, 0.15) is 25.2 Å². The molecule has 3 nitrogen and oxygen atoms in total. The zero-order chi connectivity index (χ0) is 13.1. The van der Waals surface area contributed by atoms with Crippen molar-refractivity contribution in [1.82, 2.24) is 9.78 Å². The van der Waals surface area contributed by atoms with Crippen LogP contribution in [0.4, 0.5) is 0 Å². The van der Waals surface area contributed by atoms with E-state index in [4.69, 9.17) is 0 Å². The summed E-state index contributed by atoms with van der Waals surface area (Å²) >= 11 is 3.90. The quantitative estimate of drug-likeness (QED) is 0.922. The molecule has 1 aliphatic rings. The molecule has 1 aliphatic heterocycles. The van der Waals surface area contributed by atoms with Gasteiger partial charge in [0.2, 0.25) is 0 Å². The van der Waals surface area contributed by atoms with E-state index in [0.29, 0.717) is 10.5 Å². The van der Waals surface area contributed by atoms with E-state index in [0.717, 1.165) is 30.1 Å². The molecule has 1 saturated heterocycles. The molecule has 1 fully saturated rings. The number of aryl methyl sites for hydroxylation is 2. The molecule has 1 aromatic heterocycles. The van der Waals surface area contributed by atoms with Gasteiger partial charge < -0.3 is 5.11 Å². The molecule has 2 rings (SSSR count). The van der Waals surface area contributed by atoms with E-state index in [1.807, 2.05) is 35.1 Å². The van der Waals surface area contributed by atoms with Crippen molar-refractivity contribution in [2.45, 2.75) is 50.3 Å². The Morgan fingerprint density at radius 1 is 1.50 bits per heavy atom. The normalized spacial score (nSPS) is 26.2. The van der Waals surface area contributed by atoms with Gasteiger partial charge in [-0.25, -0.2) is 0 Å². The highest BCUT2D eigenvalue weighted by Gasteiger charge is 2.29. The summed E-state index contributed by atoms with van der Waals surface area (Å²) in [7, 11) is 0. The number of hydrogen-bond donors (Lipinski definition) is 1. The van der Waals surface area contributed by atoms with Crippen LogP contribution < -0.4 is 0 Å². The highest BCUT2D eigenvalue weighted by atomic mass is 32.2. The van der Waals surface area contributed by atoms with Crippen LogP contribution >= 0.6 is 23.5 Å². The summed E-state index contributed by atoms with van der Waals surface area (Å²) < 4.78 is 2.00. The van der Waals surface area contributed by atoms with Gasteiger partial charge in [0.05, 0.1) is 11.8 Å². The molecule has 1 aromatic rings. The first kappa shape index (κ1) is 14.3. The molecular weight excluding hydrogens is 264 g/mol. The number of aliphatic hydroxyl groups excluding tert-OH is 1. The number of hydrogen-bond acceptors (Lipinski definition) is 4. The minimum absolute atomic E-state index is 0.265. The molecule has 0 saturated carbocycles. The third-order valence-electron chi connectivity index (χ3n) is 3.32. The zero-order valence-corrected chi connectivity index (χ0v) is 12.9. The van der Waals surface area contributed by atoms with E-state index in [-0.39, 0.29) is 6.10 Å². The monoisotopic (exact) mass is 286 g/mol. The van der Waals surface area contributed by atoms with Gasteiger partial charge in [0, 0.05) is 40.7 Å². The summed E-state index contributed by atoms with van der Waals surface area (Å²) in [5.74, 6) is 2.36. The van der Waals surface area contributed by atoms with Gasteiger partial charge in [-0.05, 0) is 19.9 Å². The van der Waals surface area contributed by atoms with Crippen molar-refractivity contribution in [2.75, 3.05) is 11.5 Å². The molecule has 3 unspecified atom stereocenters.